The van der Waals surface area contributed by atoms with Gasteiger partial charge < -0.3 is 10.6 Å². The van der Waals surface area contributed by atoms with E-state index in [2.05, 4.69) is 24.5 Å². The molecule has 0 aliphatic carbocycles. The molecule has 2 N–H and O–H groups in total. The Labute approximate surface area is 110 Å². The highest BCUT2D eigenvalue weighted by molar-refractivity contribution is 5.89. The predicted molar refractivity (Wildman–Crippen MR) is 76.9 cm³/mol. The molecular formula is C15H24N2O. The third-order valence-corrected chi connectivity index (χ3v) is 2.80. The molecule has 3 nitrogen and oxygen atoms in total. The van der Waals surface area contributed by atoms with Gasteiger partial charge >= 0.3 is 6.03 Å². The second-order valence-electron chi connectivity index (χ2n) is 5.14. The smallest absolute Gasteiger partial charge is 0.319 e. The van der Waals surface area contributed by atoms with Crippen LogP contribution in [0.25, 0.3) is 0 Å². The summed E-state index contributed by atoms with van der Waals surface area (Å²) in [6.45, 7) is 7.21. The van der Waals surface area contributed by atoms with Gasteiger partial charge in [-0.2, -0.15) is 0 Å². The van der Waals surface area contributed by atoms with Crippen molar-refractivity contribution in [1.29, 1.82) is 0 Å². The maximum absolute atomic E-state index is 11.6. The molecule has 0 fully saturated rings. The summed E-state index contributed by atoms with van der Waals surface area (Å²) in [6, 6.07) is 7.67. The molecule has 0 heterocycles. The summed E-state index contributed by atoms with van der Waals surface area (Å²) in [5.74, 6) is 0.742. The number of nitrogens with one attached hydrogen (secondary N) is 2. The van der Waals surface area contributed by atoms with E-state index in [1.165, 1.54) is 18.4 Å². The van der Waals surface area contributed by atoms with Crippen LogP contribution in [0, 0.1) is 12.8 Å². The van der Waals surface area contributed by atoms with Crippen LogP contribution in [-0.4, -0.2) is 12.6 Å². The Hall–Kier alpha value is -1.51. The standard InChI is InChI=1S/C15H24N2O/c1-12(2)6-4-5-11-16-15(18)17-14-9-7-13(3)8-10-14/h7-10,12H,4-6,11H2,1-3H3,(H2,16,17,18). The van der Waals surface area contributed by atoms with Crippen LogP contribution in [0.3, 0.4) is 0 Å². The van der Waals surface area contributed by atoms with Crippen molar-refractivity contribution in [3.63, 3.8) is 0 Å². The number of anilines is 1. The van der Waals surface area contributed by atoms with Crippen molar-refractivity contribution in [3.05, 3.63) is 29.8 Å². The Bertz CT molecular complexity index is 357. The lowest BCUT2D eigenvalue weighted by atomic mass is 10.1. The molecule has 0 aliphatic rings. The van der Waals surface area contributed by atoms with Crippen molar-refractivity contribution in [2.24, 2.45) is 5.92 Å². The van der Waals surface area contributed by atoms with Crippen LogP contribution in [0.2, 0.25) is 0 Å². The second-order valence-corrected chi connectivity index (χ2v) is 5.14. The first-order valence-electron chi connectivity index (χ1n) is 6.69. The molecule has 0 aromatic heterocycles. The summed E-state index contributed by atoms with van der Waals surface area (Å²) >= 11 is 0. The lowest BCUT2D eigenvalue weighted by Gasteiger charge is -2.08. The highest BCUT2D eigenvalue weighted by atomic mass is 16.2. The van der Waals surface area contributed by atoms with E-state index in [1.54, 1.807) is 0 Å². The lowest BCUT2D eigenvalue weighted by molar-refractivity contribution is 0.252. The molecule has 100 valence electrons. The summed E-state index contributed by atoms with van der Waals surface area (Å²) in [6.07, 6.45) is 3.43. The van der Waals surface area contributed by atoms with Gasteiger partial charge in [-0.1, -0.05) is 44.4 Å². The zero-order valence-corrected chi connectivity index (χ0v) is 11.6. The monoisotopic (exact) mass is 248 g/mol. The van der Waals surface area contributed by atoms with Crippen LogP contribution >= 0.6 is 0 Å². The van der Waals surface area contributed by atoms with Crippen LogP contribution in [-0.2, 0) is 0 Å². The predicted octanol–water partition coefficient (Wildman–Crippen LogP) is 3.94. The number of carbonyl (C=O) groups excluding carboxylic acids is 1. The van der Waals surface area contributed by atoms with E-state index in [0.717, 1.165) is 24.6 Å². The first kappa shape index (κ1) is 14.6. The van der Waals surface area contributed by atoms with Crippen LogP contribution in [0.15, 0.2) is 24.3 Å². The van der Waals surface area contributed by atoms with E-state index in [9.17, 15) is 4.79 Å². The van der Waals surface area contributed by atoms with Crippen molar-refractivity contribution >= 4 is 11.7 Å². The molecule has 0 radical (unpaired) electrons. The number of amides is 2. The highest BCUT2D eigenvalue weighted by Crippen LogP contribution is 2.08. The fraction of sp³-hybridized carbons (Fsp3) is 0.533. The maximum atomic E-state index is 11.6. The van der Waals surface area contributed by atoms with Crippen LogP contribution < -0.4 is 10.6 Å². The molecule has 3 heteroatoms. The maximum Gasteiger partial charge on any atom is 0.319 e. The van der Waals surface area contributed by atoms with E-state index >= 15 is 0 Å². The van der Waals surface area contributed by atoms with Crippen molar-refractivity contribution in [3.8, 4) is 0 Å². The molecular weight excluding hydrogens is 224 g/mol. The van der Waals surface area contributed by atoms with Gasteiger partial charge in [0.2, 0.25) is 0 Å². The second kappa shape index (κ2) is 7.75. The minimum Gasteiger partial charge on any atom is -0.338 e. The number of carbonyl (C=O) groups is 1. The number of benzene rings is 1. The largest absolute Gasteiger partial charge is 0.338 e. The topological polar surface area (TPSA) is 41.1 Å². The molecule has 18 heavy (non-hydrogen) atoms. The van der Waals surface area contributed by atoms with Gasteiger partial charge in [0.15, 0.2) is 0 Å². The molecule has 0 aliphatic heterocycles. The third kappa shape index (κ3) is 6.28. The molecule has 0 spiro atoms. The Kier molecular flexibility index (Phi) is 6.26. The molecule has 0 atom stereocenters. The fourth-order valence-corrected chi connectivity index (χ4v) is 1.69. The van der Waals surface area contributed by atoms with Gasteiger partial charge in [-0.05, 0) is 31.4 Å². The minimum atomic E-state index is -0.122. The van der Waals surface area contributed by atoms with E-state index in [0.29, 0.717) is 0 Å². The summed E-state index contributed by atoms with van der Waals surface area (Å²) in [7, 11) is 0. The number of hydrogen-bond acceptors (Lipinski definition) is 1. The molecule has 1 aromatic carbocycles. The molecule has 0 unspecified atom stereocenters. The van der Waals surface area contributed by atoms with Crippen LogP contribution in [0.5, 0.6) is 0 Å². The lowest BCUT2D eigenvalue weighted by Crippen LogP contribution is -2.29. The Morgan fingerprint density at radius 3 is 2.44 bits per heavy atom. The Morgan fingerprint density at radius 2 is 1.83 bits per heavy atom. The molecule has 0 bridgehead atoms. The summed E-state index contributed by atoms with van der Waals surface area (Å²) in [4.78, 5) is 11.6. The molecule has 1 rings (SSSR count). The molecule has 2 amide bonds. The van der Waals surface area contributed by atoms with E-state index in [4.69, 9.17) is 0 Å². The van der Waals surface area contributed by atoms with E-state index in [1.807, 2.05) is 31.2 Å². The van der Waals surface area contributed by atoms with E-state index in [-0.39, 0.29) is 6.03 Å². The quantitative estimate of drug-likeness (QED) is 0.735. The number of hydrogen-bond donors (Lipinski definition) is 2. The summed E-state index contributed by atoms with van der Waals surface area (Å²) in [5.41, 5.74) is 2.02. The van der Waals surface area contributed by atoms with Gasteiger partial charge in [-0.25, -0.2) is 4.79 Å². The number of aryl methyl sites for hydroxylation is 1. The minimum absolute atomic E-state index is 0.122. The summed E-state index contributed by atoms with van der Waals surface area (Å²) < 4.78 is 0. The normalized spacial score (nSPS) is 10.4. The van der Waals surface area contributed by atoms with Crippen LogP contribution in [0.4, 0.5) is 10.5 Å². The molecule has 0 saturated carbocycles. The van der Waals surface area contributed by atoms with Gasteiger partial charge in [0.05, 0.1) is 0 Å². The molecule has 0 saturated heterocycles. The van der Waals surface area contributed by atoms with Gasteiger partial charge in [-0.15, -0.1) is 0 Å². The number of unbranched alkanes of at least 4 members (excludes halogenated alkanes) is 1. The van der Waals surface area contributed by atoms with Crippen molar-refractivity contribution in [2.45, 2.75) is 40.0 Å². The van der Waals surface area contributed by atoms with Gasteiger partial charge in [0.1, 0.15) is 0 Å². The summed E-state index contributed by atoms with van der Waals surface area (Å²) in [5, 5.41) is 5.69. The van der Waals surface area contributed by atoms with Gasteiger partial charge in [-0.3, -0.25) is 0 Å². The third-order valence-electron chi connectivity index (χ3n) is 2.80. The van der Waals surface area contributed by atoms with Crippen molar-refractivity contribution in [2.75, 3.05) is 11.9 Å². The number of urea groups is 1. The Balaban J connectivity index is 2.16. The SMILES string of the molecule is Cc1ccc(NC(=O)NCCCCC(C)C)cc1. The first-order chi connectivity index (χ1) is 8.58. The molecule has 1 aromatic rings. The van der Waals surface area contributed by atoms with Gasteiger partial charge in [0.25, 0.3) is 0 Å². The average molecular weight is 248 g/mol. The van der Waals surface area contributed by atoms with E-state index < -0.39 is 0 Å². The Morgan fingerprint density at radius 1 is 1.17 bits per heavy atom. The van der Waals surface area contributed by atoms with Crippen molar-refractivity contribution in [1.82, 2.24) is 5.32 Å². The average Bonchev–Trinajstić information content (AvgIpc) is 2.31. The fourth-order valence-electron chi connectivity index (χ4n) is 1.69. The number of rotatable bonds is 6. The first-order valence-corrected chi connectivity index (χ1v) is 6.69. The van der Waals surface area contributed by atoms with Crippen LogP contribution in [0.1, 0.15) is 38.7 Å². The zero-order chi connectivity index (χ0) is 13.4. The van der Waals surface area contributed by atoms with Crippen molar-refractivity contribution < 1.29 is 4.79 Å². The zero-order valence-electron chi connectivity index (χ0n) is 11.6. The van der Waals surface area contributed by atoms with Gasteiger partial charge in [0, 0.05) is 12.2 Å². The highest BCUT2D eigenvalue weighted by Gasteiger charge is 2.00.